The number of piperidine rings is 1. The Labute approximate surface area is 150 Å². The zero-order valence-corrected chi connectivity index (χ0v) is 15.9. The molecule has 25 heavy (non-hydrogen) atoms. The molecule has 0 unspecified atom stereocenters. The van der Waals surface area contributed by atoms with Crippen molar-refractivity contribution in [3.63, 3.8) is 0 Å². The van der Waals surface area contributed by atoms with E-state index in [9.17, 15) is 13.2 Å². The van der Waals surface area contributed by atoms with Gasteiger partial charge in [0.2, 0.25) is 15.9 Å². The van der Waals surface area contributed by atoms with Crippen LogP contribution in [0.5, 0.6) is 0 Å². The third-order valence-corrected chi connectivity index (χ3v) is 6.25. The van der Waals surface area contributed by atoms with Crippen molar-refractivity contribution in [3.8, 4) is 0 Å². The van der Waals surface area contributed by atoms with Crippen LogP contribution in [-0.4, -0.2) is 65.3 Å². The van der Waals surface area contributed by atoms with Crippen LogP contribution >= 0.6 is 0 Å². The Hall–Kier alpha value is -1.64. The van der Waals surface area contributed by atoms with E-state index in [0.717, 1.165) is 11.4 Å². The van der Waals surface area contributed by atoms with Crippen molar-refractivity contribution < 1.29 is 17.9 Å². The van der Waals surface area contributed by atoms with Crippen LogP contribution < -0.4 is 10.2 Å². The summed E-state index contributed by atoms with van der Waals surface area (Å²) in [5, 5.41) is 2.92. The lowest BCUT2D eigenvalue weighted by Gasteiger charge is -2.30. The molecule has 1 fully saturated rings. The van der Waals surface area contributed by atoms with Gasteiger partial charge in [-0.25, -0.2) is 12.7 Å². The minimum atomic E-state index is -3.29. The van der Waals surface area contributed by atoms with Gasteiger partial charge >= 0.3 is 0 Å². The van der Waals surface area contributed by atoms with E-state index in [0.29, 0.717) is 25.9 Å². The van der Waals surface area contributed by atoms with Crippen LogP contribution in [-0.2, 0) is 19.6 Å². The van der Waals surface area contributed by atoms with Gasteiger partial charge in [0.05, 0.1) is 12.4 Å². The molecule has 140 valence electrons. The number of rotatable bonds is 7. The predicted octanol–water partition coefficient (Wildman–Crippen LogP) is 1.38. The summed E-state index contributed by atoms with van der Waals surface area (Å²) in [6.07, 6.45) is 1.07. The maximum absolute atomic E-state index is 12.4. The van der Waals surface area contributed by atoms with Gasteiger partial charge in [-0.2, -0.15) is 0 Å². The van der Waals surface area contributed by atoms with Crippen molar-refractivity contribution in [1.29, 1.82) is 0 Å². The molecule has 1 amide bonds. The third kappa shape index (κ3) is 5.42. The maximum atomic E-state index is 12.4. The molecule has 0 aromatic heterocycles. The van der Waals surface area contributed by atoms with Crippen LogP contribution in [0.4, 0.5) is 11.4 Å². The quantitative estimate of drug-likeness (QED) is 0.786. The Kier molecular flexibility index (Phi) is 6.80. The van der Waals surface area contributed by atoms with Crippen molar-refractivity contribution in [1.82, 2.24) is 4.31 Å². The summed E-state index contributed by atoms with van der Waals surface area (Å²) in [6.45, 7) is 0.944. The fourth-order valence-corrected chi connectivity index (χ4v) is 4.20. The Morgan fingerprint density at radius 3 is 2.36 bits per heavy atom. The molecule has 0 spiro atoms. The summed E-state index contributed by atoms with van der Waals surface area (Å²) in [5.74, 6) is -0.229. The average Bonchev–Trinajstić information content (AvgIpc) is 2.60. The first-order chi connectivity index (χ1) is 11.8. The SMILES string of the molecule is COCCS(=O)(=O)N1CCC(C(=O)Nc2ccc(N(C)C)cc2)CC1. The summed E-state index contributed by atoms with van der Waals surface area (Å²) in [7, 11) is 2.11. The molecule has 1 aromatic rings. The molecule has 8 heteroatoms. The van der Waals surface area contributed by atoms with Crippen LogP contribution in [0.15, 0.2) is 24.3 Å². The molecule has 1 aromatic carbocycles. The Morgan fingerprint density at radius 1 is 1.24 bits per heavy atom. The lowest BCUT2D eigenvalue weighted by atomic mass is 9.97. The molecule has 7 nitrogen and oxygen atoms in total. The van der Waals surface area contributed by atoms with E-state index in [4.69, 9.17) is 4.74 Å². The molecule has 1 heterocycles. The second kappa shape index (κ2) is 8.64. The number of carbonyl (C=O) groups is 1. The molecule has 0 aliphatic carbocycles. The van der Waals surface area contributed by atoms with Gasteiger partial charge in [-0.1, -0.05) is 0 Å². The first kappa shape index (κ1) is 19.7. The predicted molar refractivity (Wildman–Crippen MR) is 99.4 cm³/mol. The summed E-state index contributed by atoms with van der Waals surface area (Å²) >= 11 is 0. The van der Waals surface area contributed by atoms with Crippen LogP contribution in [0.3, 0.4) is 0 Å². The van der Waals surface area contributed by atoms with Gasteiger partial charge in [0.15, 0.2) is 0 Å². The van der Waals surface area contributed by atoms with Crippen molar-refractivity contribution in [2.24, 2.45) is 5.92 Å². The number of nitrogens with one attached hydrogen (secondary N) is 1. The van der Waals surface area contributed by atoms with E-state index in [2.05, 4.69) is 5.32 Å². The van der Waals surface area contributed by atoms with Crippen LogP contribution in [0.2, 0.25) is 0 Å². The van der Waals surface area contributed by atoms with Gasteiger partial charge in [0, 0.05) is 51.6 Å². The Bertz CT molecular complexity index is 666. The summed E-state index contributed by atoms with van der Waals surface area (Å²) < 4.78 is 30.6. The van der Waals surface area contributed by atoms with Crippen molar-refractivity contribution >= 4 is 27.3 Å². The number of hydrogen-bond donors (Lipinski definition) is 1. The summed E-state index contributed by atoms with van der Waals surface area (Å²) in [6, 6.07) is 7.64. The molecule has 0 saturated carbocycles. The van der Waals surface area contributed by atoms with E-state index in [-0.39, 0.29) is 24.2 Å². The zero-order valence-electron chi connectivity index (χ0n) is 15.1. The van der Waals surface area contributed by atoms with E-state index in [1.165, 1.54) is 11.4 Å². The van der Waals surface area contributed by atoms with E-state index in [1.807, 2.05) is 43.3 Å². The molecule has 1 aliphatic rings. The van der Waals surface area contributed by atoms with Crippen molar-refractivity contribution in [2.75, 3.05) is 56.9 Å². The highest BCUT2D eigenvalue weighted by atomic mass is 32.2. The molecular formula is C17H27N3O4S. The minimum absolute atomic E-state index is 0.0153. The smallest absolute Gasteiger partial charge is 0.227 e. The second-order valence-electron chi connectivity index (χ2n) is 6.41. The zero-order chi connectivity index (χ0) is 18.4. The number of nitrogens with zero attached hydrogens (tertiary/aromatic N) is 2. The fraction of sp³-hybridized carbons (Fsp3) is 0.588. The van der Waals surface area contributed by atoms with Crippen LogP contribution in [0.1, 0.15) is 12.8 Å². The molecular weight excluding hydrogens is 342 g/mol. The topological polar surface area (TPSA) is 79.0 Å². The van der Waals surface area contributed by atoms with Gasteiger partial charge in [0.1, 0.15) is 0 Å². The number of hydrogen-bond acceptors (Lipinski definition) is 5. The Morgan fingerprint density at radius 2 is 1.84 bits per heavy atom. The van der Waals surface area contributed by atoms with Gasteiger partial charge in [-0.3, -0.25) is 4.79 Å². The highest BCUT2D eigenvalue weighted by Gasteiger charge is 2.30. The molecule has 1 aliphatic heterocycles. The van der Waals surface area contributed by atoms with Gasteiger partial charge < -0.3 is 15.0 Å². The number of methoxy groups -OCH3 is 1. The standard InChI is InChI=1S/C17H27N3O4S/c1-19(2)16-6-4-15(5-7-16)18-17(21)14-8-10-20(11-9-14)25(22,23)13-12-24-3/h4-7,14H,8-13H2,1-3H3,(H,18,21). The minimum Gasteiger partial charge on any atom is -0.384 e. The number of amides is 1. The van der Waals surface area contributed by atoms with Crippen LogP contribution in [0, 0.1) is 5.92 Å². The summed E-state index contributed by atoms with van der Waals surface area (Å²) in [4.78, 5) is 14.4. The molecule has 0 bridgehead atoms. The molecule has 1 saturated heterocycles. The normalized spacial score (nSPS) is 16.6. The number of carbonyl (C=O) groups excluding carboxylic acids is 1. The van der Waals surface area contributed by atoms with Gasteiger partial charge in [-0.05, 0) is 37.1 Å². The maximum Gasteiger partial charge on any atom is 0.227 e. The molecule has 1 N–H and O–H groups in total. The van der Waals surface area contributed by atoms with Crippen molar-refractivity contribution in [2.45, 2.75) is 12.8 Å². The largest absolute Gasteiger partial charge is 0.384 e. The fourth-order valence-electron chi connectivity index (χ4n) is 2.80. The van der Waals surface area contributed by atoms with E-state index in [1.54, 1.807) is 0 Å². The number of sulfonamides is 1. The van der Waals surface area contributed by atoms with Crippen LogP contribution in [0.25, 0.3) is 0 Å². The highest BCUT2D eigenvalue weighted by Crippen LogP contribution is 2.22. The van der Waals surface area contributed by atoms with Gasteiger partial charge in [-0.15, -0.1) is 0 Å². The lowest BCUT2D eigenvalue weighted by Crippen LogP contribution is -2.42. The molecule has 2 rings (SSSR count). The average molecular weight is 369 g/mol. The molecule has 0 atom stereocenters. The van der Waals surface area contributed by atoms with Crippen molar-refractivity contribution in [3.05, 3.63) is 24.3 Å². The monoisotopic (exact) mass is 369 g/mol. The Balaban J connectivity index is 1.86. The summed E-state index contributed by atoms with van der Waals surface area (Å²) in [5.41, 5.74) is 1.82. The van der Waals surface area contributed by atoms with E-state index >= 15 is 0 Å². The number of ether oxygens (including phenoxy) is 1. The number of benzene rings is 1. The van der Waals surface area contributed by atoms with Gasteiger partial charge in [0.25, 0.3) is 0 Å². The second-order valence-corrected chi connectivity index (χ2v) is 8.50. The number of anilines is 2. The first-order valence-electron chi connectivity index (χ1n) is 8.38. The lowest BCUT2D eigenvalue weighted by molar-refractivity contribution is -0.120. The molecule has 0 radical (unpaired) electrons. The first-order valence-corrected chi connectivity index (χ1v) is 9.99. The highest BCUT2D eigenvalue weighted by molar-refractivity contribution is 7.89. The third-order valence-electron chi connectivity index (χ3n) is 4.41. The van der Waals surface area contributed by atoms with E-state index < -0.39 is 10.0 Å².